The first-order chi connectivity index (χ1) is 17.3. The third-order valence-corrected chi connectivity index (χ3v) is 7.08. The number of unbranched alkanes of at least 4 members (excludes halogenated alkanes) is 1. The molecule has 2 rings (SSSR count). The minimum Gasteiger partial charge on any atom is -0.354 e. The number of nitrogens with one attached hydrogen (secondary N) is 1. The molecule has 0 aliphatic heterocycles. The Bertz CT molecular complexity index is 1180. The van der Waals surface area contributed by atoms with E-state index in [4.69, 9.17) is 11.6 Å². The van der Waals surface area contributed by atoms with Crippen LogP contribution in [0.1, 0.15) is 44.2 Å². The van der Waals surface area contributed by atoms with Gasteiger partial charge in [-0.1, -0.05) is 62.2 Å². The van der Waals surface area contributed by atoms with E-state index >= 15 is 0 Å². The summed E-state index contributed by atoms with van der Waals surface area (Å²) in [6.45, 7) is 3.24. The van der Waals surface area contributed by atoms with Crippen LogP contribution in [-0.2, 0) is 32.3 Å². The van der Waals surface area contributed by atoms with Crippen molar-refractivity contribution in [2.45, 2.75) is 51.9 Å². The Hall–Kier alpha value is -2.79. The number of rotatable bonds is 12. The van der Waals surface area contributed by atoms with E-state index in [0.717, 1.165) is 31.2 Å². The van der Waals surface area contributed by atoms with E-state index in [1.54, 1.807) is 37.3 Å². The highest BCUT2D eigenvalue weighted by Crippen LogP contribution is 2.36. The average molecular weight is 562 g/mol. The van der Waals surface area contributed by atoms with Crippen molar-refractivity contribution in [1.82, 2.24) is 10.2 Å². The van der Waals surface area contributed by atoms with Crippen LogP contribution >= 0.6 is 11.6 Å². The van der Waals surface area contributed by atoms with Gasteiger partial charge in [-0.25, -0.2) is 8.42 Å². The lowest BCUT2D eigenvalue weighted by molar-refractivity contribution is -0.140. The number of anilines is 1. The summed E-state index contributed by atoms with van der Waals surface area (Å²) in [7, 11) is -4.24. The number of carbonyl (C=O) groups is 2. The Balaban J connectivity index is 2.48. The number of sulfonamides is 1. The van der Waals surface area contributed by atoms with Crippen LogP contribution in [0.3, 0.4) is 0 Å². The second-order valence-electron chi connectivity index (χ2n) is 8.51. The van der Waals surface area contributed by atoms with E-state index in [1.165, 1.54) is 4.90 Å². The predicted octanol–water partition coefficient (Wildman–Crippen LogP) is 4.85. The summed E-state index contributed by atoms with van der Waals surface area (Å²) in [4.78, 5) is 27.8. The van der Waals surface area contributed by atoms with Gasteiger partial charge in [0.05, 0.1) is 22.5 Å². The number of amides is 2. The molecule has 0 fully saturated rings. The lowest BCUT2D eigenvalue weighted by Gasteiger charge is -2.33. The molecule has 0 aliphatic rings. The number of carbonyl (C=O) groups excluding carboxylic acids is 2. The standard InChI is InChI=1S/C25H31ClF3N3O4S/c1-4-6-14-30-24(34)21(5-2)31(16-18-10-8-7-9-11-18)23(33)17-32(37(3,35)36)22-15-19(25(27,28)29)12-13-20(22)26/h7-13,15,21H,4-6,14,16-17H2,1-3H3,(H,30,34)/t21-/m0/s1. The molecule has 0 saturated heterocycles. The van der Waals surface area contributed by atoms with Crippen molar-refractivity contribution in [2.75, 3.05) is 23.7 Å². The van der Waals surface area contributed by atoms with Gasteiger partial charge in [0.1, 0.15) is 12.6 Å². The van der Waals surface area contributed by atoms with Gasteiger partial charge < -0.3 is 10.2 Å². The van der Waals surface area contributed by atoms with Crippen LogP contribution in [0.15, 0.2) is 48.5 Å². The first kappa shape index (κ1) is 30.4. The summed E-state index contributed by atoms with van der Waals surface area (Å²) in [5.41, 5.74) is -0.901. The molecule has 0 heterocycles. The quantitative estimate of drug-likeness (QED) is 0.375. The van der Waals surface area contributed by atoms with Crippen molar-refractivity contribution in [3.63, 3.8) is 0 Å². The van der Waals surface area contributed by atoms with Crippen molar-refractivity contribution < 1.29 is 31.2 Å². The number of halogens is 4. The van der Waals surface area contributed by atoms with E-state index in [-0.39, 0.29) is 18.0 Å². The number of benzene rings is 2. The maximum absolute atomic E-state index is 13.6. The molecule has 0 aliphatic carbocycles. The normalized spacial score (nSPS) is 12.6. The van der Waals surface area contributed by atoms with Crippen LogP contribution in [0.5, 0.6) is 0 Å². The largest absolute Gasteiger partial charge is 0.416 e. The summed E-state index contributed by atoms with van der Waals surface area (Å²) < 4.78 is 65.8. The van der Waals surface area contributed by atoms with Crippen molar-refractivity contribution in [2.24, 2.45) is 0 Å². The molecule has 0 saturated carbocycles. The zero-order chi connectivity index (χ0) is 27.8. The zero-order valence-corrected chi connectivity index (χ0v) is 22.5. The highest BCUT2D eigenvalue weighted by Gasteiger charge is 2.35. The molecule has 0 unspecified atom stereocenters. The SMILES string of the molecule is CCCCNC(=O)[C@H](CC)N(Cc1ccccc1)C(=O)CN(c1cc(C(F)(F)F)ccc1Cl)S(C)(=O)=O. The van der Waals surface area contributed by atoms with Gasteiger partial charge in [0, 0.05) is 13.1 Å². The molecule has 1 N–H and O–H groups in total. The molecule has 0 radical (unpaired) electrons. The van der Waals surface area contributed by atoms with Crippen LogP contribution in [0.4, 0.5) is 18.9 Å². The fraction of sp³-hybridized carbons (Fsp3) is 0.440. The second kappa shape index (κ2) is 13.1. The van der Waals surface area contributed by atoms with Gasteiger partial charge in [0.15, 0.2) is 0 Å². The molecule has 37 heavy (non-hydrogen) atoms. The van der Waals surface area contributed by atoms with Gasteiger partial charge >= 0.3 is 6.18 Å². The van der Waals surface area contributed by atoms with Crippen LogP contribution in [0, 0.1) is 0 Å². The van der Waals surface area contributed by atoms with Gasteiger partial charge in [-0.05, 0) is 36.6 Å². The fourth-order valence-electron chi connectivity index (χ4n) is 3.68. The van der Waals surface area contributed by atoms with E-state index < -0.39 is 51.9 Å². The molecule has 2 aromatic carbocycles. The third-order valence-electron chi connectivity index (χ3n) is 5.63. The minimum atomic E-state index is -4.75. The lowest BCUT2D eigenvalue weighted by Crippen LogP contribution is -2.52. The summed E-state index contributed by atoms with van der Waals surface area (Å²) in [6.07, 6.45) is -2.15. The molecule has 7 nitrogen and oxygen atoms in total. The topological polar surface area (TPSA) is 86.8 Å². The molecule has 2 aromatic rings. The van der Waals surface area contributed by atoms with Gasteiger partial charge in [-0.3, -0.25) is 13.9 Å². The van der Waals surface area contributed by atoms with E-state index in [2.05, 4.69) is 5.32 Å². The third kappa shape index (κ3) is 8.63. The monoisotopic (exact) mass is 561 g/mol. The highest BCUT2D eigenvalue weighted by atomic mass is 35.5. The number of nitrogens with zero attached hydrogens (tertiary/aromatic N) is 2. The predicted molar refractivity (Wildman–Crippen MR) is 138 cm³/mol. The minimum absolute atomic E-state index is 0.00664. The second-order valence-corrected chi connectivity index (χ2v) is 10.8. The first-order valence-corrected chi connectivity index (χ1v) is 14.0. The molecule has 2 amide bonds. The van der Waals surface area contributed by atoms with Crippen LogP contribution < -0.4 is 9.62 Å². The van der Waals surface area contributed by atoms with E-state index in [9.17, 15) is 31.2 Å². The number of alkyl halides is 3. The number of hydrogen-bond donors (Lipinski definition) is 1. The lowest BCUT2D eigenvalue weighted by atomic mass is 10.1. The smallest absolute Gasteiger partial charge is 0.354 e. The van der Waals surface area contributed by atoms with Crippen molar-refractivity contribution in [3.05, 3.63) is 64.7 Å². The molecule has 12 heteroatoms. The maximum Gasteiger partial charge on any atom is 0.416 e. The molecule has 0 aromatic heterocycles. The van der Waals surface area contributed by atoms with Gasteiger partial charge in [-0.2, -0.15) is 13.2 Å². The van der Waals surface area contributed by atoms with Crippen molar-refractivity contribution >= 4 is 39.1 Å². The van der Waals surface area contributed by atoms with Crippen molar-refractivity contribution in [1.29, 1.82) is 0 Å². The summed E-state index contributed by atoms with van der Waals surface area (Å²) in [6, 6.07) is 10.1. The average Bonchev–Trinajstić information content (AvgIpc) is 2.82. The zero-order valence-electron chi connectivity index (χ0n) is 20.9. The van der Waals surface area contributed by atoms with Crippen LogP contribution in [0.2, 0.25) is 5.02 Å². The molecule has 204 valence electrons. The Morgan fingerprint density at radius 2 is 1.73 bits per heavy atom. The van der Waals surface area contributed by atoms with E-state index in [0.29, 0.717) is 22.5 Å². The van der Waals surface area contributed by atoms with Crippen LogP contribution in [0.25, 0.3) is 0 Å². The Morgan fingerprint density at radius 1 is 1.08 bits per heavy atom. The molecule has 0 bridgehead atoms. The highest BCUT2D eigenvalue weighted by molar-refractivity contribution is 7.92. The summed E-state index contributed by atoms with van der Waals surface area (Å²) in [5.74, 6) is -1.16. The first-order valence-electron chi connectivity index (χ1n) is 11.7. The van der Waals surface area contributed by atoms with Gasteiger partial charge in [0.25, 0.3) is 0 Å². The van der Waals surface area contributed by atoms with Gasteiger partial charge in [-0.15, -0.1) is 0 Å². The maximum atomic E-state index is 13.6. The summed E-state index contributed by atoms with van der Waals surface area (Å²) in [5, 5.41) is 2.52. The van der Waals surface area contributed by atoms with E-state index in [1.807, 2.05) is 6.92 Å². The molecular formula is C25H31ClF3N3O4S. The summed E-state index contributed by atoms with van der Waals surface area (Å²) >= 11 is 6.09. The Kier molecular flexibility index (Phi) is 10.8. The van der Waals surface area contributed by atoms with Gasteiger partial charge in [0.2, 0.25) is 21.8 Å². The van der Waals surface area contributed by atoms with Crippen molar-refractivity contribution in [3.8, 4) is 0 Å². The Labute approximate surface area is 220 Å². The number of hydrogen-bond acceptors (Lipinski definition) is 4. The fourth-order valence-corrected chi connectivity index (χ4v) is 4.80. The van der Waals surface area contributed by atoms with Crippen LogP contribution in [-0.4, -0.2) is 50.5 Å². The molecular weight excluding hydrogens is 531 g/mol. The Morgan fingerprint density at radius 3 is 2.27 bits per heavy atom. The molecule has 0 spiro atoms. The molecule has 1 atom stereocenters.